The van der Waals surface area contributed by atoms with Crippen molar-refractivity contribution in [1.82, 2.24) is 0 Å². The van der Waals surface area contributed by atoms with E-state index in [0.29, 0.717) is 11.3 Å². The maximum atomic E-state index is 13.7. The average molecular weight is 327 g/mol. The molecule has 0 aliphatic heterocycles. The number of hydrogen-bond donors (Lipinski definition) is 1. The molecule has 0 aliphatic rings. The minimum Gasteiger partial charge on any atom is -0.346 e. The minimum absolute atomic E-state index is 0.158. The summed E-state index contributed by atoms with van der Waals surface area (Å²) >= 11 is 1.13. The van der Waals surface area contributed by atoms with E-state index in [-0.39, 0.29) is 22.1 Å². The highest BCUT2D eigenvalue weighted by atomic mass is 32.2. The summed E-state index contributed by atoms with van der Waals surface area (Å²) in [6.45, 7) is 0. The lowest BCUT2D eigenvalue weighted by atomic mass is 10.2. The maximum absolute atomic E-state index is 13.7. The van der Waals surface area contributed by atoms with Gasteiger partial charge in [-0.15, -0.1) is 11.8 Å². The molecule has 0 bridgehead atoms. The molecule has 0 fully saturated rings. The Hall–Kier alpha value is -2.83. The molecule has 0 spiro atoms. The fourth-order valence-corrected chi connectivity index (χ4v) is 2.67. The van der Waals surface area contributed by atoms with E-state index < -0.39 is 5.82 Å². The number of thioether (sulfide) groups is 1. The summed E-state index contributed by atoms with van der Waals surface area (Å²) in [5.74, 6) is -0.524. The Morgan fingerprint density at radius 1 is 1.04 bits per heavy atom. The highest BCUT2D eigenvalue weighted by Gasteiger charge is 2.11. The average Bonchev–Trinajstić information content (AvgIpc) is 2.55. The van der Waals surface area contributed by atoms with Crippen LogP contribution in [0.5, 0.6) is 0 Å². The zero-order valence-electron chi connectivity index (χ0n) is 11.9. The number of rotatable bonds is 5. The van der Waals surface area contributed by atoms with E-state index in [1.807, 2.05) is 0 Å². The monoisotopic (exact) mass is 327 g/mol. The first-order valence-electron chi connectivity index (χ1n) is 6.57. The number of nitriles is 2. The molecular formula is C17H11F2N3S. The number of allylic oxidation sites excluding steroid dienone is 1. The molecule has 0 aliphatic carbocycles. The van der Waals surface area contributed by atoms with E-state index in [1.165, 1.54) is 24.3 Å². The van der Waals surface area contributed by atoms with Crippen molar-refractivity contribution in [2.75, 3.05) is 5.32 Å². The van der Waals surface area contributed by atoms with Gasteiger partial charge >= 0.3 is 0 Å². The van der Waals surface area contributed by atoms with E-state index in [1.54, 1.807) is 36.4 Å². The van der Waals surface area contributed by atoms with Crippen LogP contribution in [0.15, 0.2) is 59.1 Å². The number of hydrogen-bond acceptors (Lipinski definition) is 4. The maximum Gasteiger partial charge on any atom is 0.159 e. The fraction of sp³-hybridized carbons (Fsp3) is 0.0588. The second kappa shape index (κ2) is 7.98. The van der Waals surface area contributed by atoms with Crippen molar-refractivity contribution in [3.05, 3.63) is 76.3 Å². The first kappa shape index (κ1) is 16.5. The Morgan fingerprint density at radius 3 is 2.43 bits per heavy atom. The molecule has 0 amide bonds. The summed E-state index contributed by atoms with van der Waals surface area (Å²) in [5, 5.41) is 21.1. The second-order valence-electron chi connectivity index (χ2n) is 4.45. The molecule has 0 radical (unpaired) electrons. The molecule has 0 aromatic heterocycles. The first-order chi connectivity index (χ1) is 11.1. The van der Waals surface area contributed by atoms with Crippen molar-refractivity contribution in [3.8, 4) is 12.1 Å². The normalized spacial score (nSPS) is 9.57. The standard InChI is InChI=1S/C17H11F2N3S/c18-14-5-3-4-12(8-14)11-23-17(13(9-20)10-21)22-16-7-2-1-6-15(16)19/h1-8,22H,11H2. The Labute approximate surface area is 136 Å². The molecule has 0 atom stereocenters. The summed E-state index contributed by atoms with van der Waals surface area (Å²) < 4.78 is 26.9. The predicted molar refractivity (Wildman–Crippen MR) is 86.0 cm³/mol. The molecule has 0 saturated heterocycles. The first-order valence-corrected chi connectivity index (χ1v) is 7.56. The highest BCUT2D eigenvalue weighted by molar-refractivity contribution is 8.02. The van der Waals surface area contributed by atoms with Crippen LogP contribution in [-0.4, -0.2) is 0 Å². The van der Waals surface area contributed by atoms with Crippen molar-refractivity contribution in [1.29, 1.82) is 10.5 Å². The minimum atomic E-state index is -0.494. The fourth-order valence-electron chi connectivity index (χ4n) is 1.76. The van der Waals surface area contributed by atoms with Gasteiger partial charge in [0.05, 0.1) is 5.69 Å². The molecule has 114 valence electrons. The van der Waals surface area contributed by atoms with Crippen LogP contribution in [-0.2, 0) is 5.75 Å². The van der Waals surface area contributed by atoms with Crippen LogP contribution in [0.1, 0.15) is 5.56 Å². The van der Waals surface area contributed by atoms with Gasteiger partial charge in [0.15, 0.2) is 5.57 Å². The molecule has 2 rings (SSSR count). The van der Waals surface area contributed by atoms with Gasteiger partial charge < -0.3 is 5.32 Å². The summed E-state index contributed by atoms with van der Waals surface area (Å²) in [5.41, 5.74) is 0.699. The number of para-hydroxylation sites is 1. The molecule has 3 nitrogen and oxygen atoms in total. The number of anilines is 1. The third-order valence-corrected chi connectivity index (χ3v) is 3.92. The second-order valence-corrected chi connectivity index (χ2v) is 5.44. The van der Waals surface area contributed by atoms with Crippen LogP contribution in [0.4, 0.5) is 14.5 Å². The number of nitrogens with zero attached hydrogens (tertiary/aromatic N) is 2. The number of benzene rings is 2. The van der Waals surface area contributed by atoms with Crippen molar-refractivity contribution < 1.29 is 8.78 Å². The largest absolute Gasteiger partial charge is 0.346 e. The molecule has 0 saturated carbocycles. The third kappa shape index (κ3) is 4.57. The lowest BCUT2D eigenvalue weighted by molar-refractivity contribution is 0.626. The van der Waals surface area contributed by atoms with Gasteiger partial charge in [0.1, 0.15) is 28.8 Å². The summed E-state index contributed by atoms with van der Waals surface area (Å²) in [6.07, 6.45) is 0. The SMILES string of the molecule is N#CC(C#N)=C(Nc1ccccc1F)SCc1cccc(F)c1. The Bertz CT molecular complexity index is 803. The van der Waals surface area contributed by atoms with E-state index in [2.05, 4.69) is 5.32 Å². The summed E-state index contributed by atoms with van der Waals surface area (Å²) in [6, 6.07) is 15.5. The predicted octanol–water partition coefficient (Wildman–Crippen LogP) is 4.57. The zero-order valence-corrected chi connectivity index (χ0v) is 12.7. The molecule has 2 aromatic rings. The Morgan fingerprint density at radius 2 is 1.78 bits per heavy atom. The van der Waals surface area contributed by atoms with E-state index in [0.717, 1.165) is 11.8 Å². The molecular weight excluding hydrogens is 316 g/mol. The lowest BCUT2D eigenvalue weighted by Crippen LogP contribution is -2.02. The van der Waals surface area contributed by atoms with Crippen molar-refractivity contribution in [2.24, 2.45) is 0 Å². The molecule has 0 heterocycles. The summed E-state index contributed by atoms with van der Waals surface area (Å²) in [7, 11) is 0. The van der Waals surface area contributed by atoms with Crippen LogP contribution in [0.2, 0.25) is 0 Å². The van der Waals surface area contributed by atoms with E-state index in [4.69, 9.17) is 10.5 Å². The Kier molecular flexibility index (Phi) is 5.74. The molecule has 1 N–H and O–H groups in total. The van der Waals surface area contributed by atoms with Gasteiger partial charge in [0, 0.05) is 5.75 Å². The van der Waals surface area contributed by atoms with Gasteiger partial charge in [0.2, 0.25) is 0 Å². The van der Waals surface area contributed by atoms with Gasteiger partial charge in [-0.1, -0.05) is 24.3 Å². The number of nitrogens with one attached hydrogen (secondary N) is 1. The van der Waals surface area contributed by atoms with Gasteiger partial charge in [-0.25, -0.2) is 8.78 Å². The van der Waals surface area contributed by atoms with Gasteiger partial charge in [-0.2, -0.15) is 10.5 Å². The van der Waals surface area contributed by atoms with Crippen molar-refractivity contribution >= 4 is 17.4 Å². The van der Waals surface area contributed by atoms with Crippen LogP contribution in [0.3, 0.4) is 0 Å². The van der Waals surface area contributed by atoms with Gasteiger partial charge in [-0.3, -0.25) is 0 Å². The van der Waals surface area contributed by atoms with Crippen LogP contribution < -0.4 is 5.32 Å². The number of halogens is 2. The van der Waals surface area contributed by atoms with Crippen LogP contribution in [0, 0.1) is 34.3 Å². The van der Waals surface area contributed by atoms with Crippen LogP contribution in [0.25, 0.3) is 0 Å². The Balaban J connectivity index is 2.23. The quantitative estimate of drug-likeness (QED) is 0.817. The van der Waals surface area contributed by atoms with Crippen LogP contribution >= 0.6 is 11.8 Å². The molecule has 6 heteroatoms. The zero-order chi connectivity index (χ0) is 16.7. The summed E-state index contributed by atoms with van der Waals surface area (Å²) in [4.78, 5) is 0. The molecule has 23 heavy (non-hydrogen) atoms. The van der Waals surface area contributed by atoms with E-state index >= 15 is 0 Å². The van der Waals surface area contributed by atoms with Crippen molar-refractivity contribution in [2.45, 2.75) is 5.75 Å². The topological polar surface area (TPSA) is 59.6 Å². The van der Waals surface area contributed by atoms with Crippen molar-refractivity contribution in [3.63, 3.8) is 0 Å². The van der Waals surface area contributed by atoms with Gasteiger partial charge in [0.25, 0.3) is 0 Å². The smallest absolute Gasteiger partial charge is 0.159 e. The van der Waals surface area contributed by atoms with E-state index in [9.17, 15) is 8.78 Å². The third-order valence-electron chi connectivity index (χ3n) is 2.84. The molecule has 0 unspecified atom stereocenters. The highest BCUT2D eigenvalue weighted by Crippen LogP contribution is 2.27. The lowest BCUT2D eigenvalue weighted by Gasteiger charge is -2.11. The molecule has 2 aromatic carbocycles. The van der Waals surface area contributed by atoms with Gasteiger partial charge in [-0.05, 0) is 29.8 Å².